The molecule has 7 N–H and O–H groups in total. The quantitative estimate of drug-likeness (QED) is 0.0358. The van der Waals surface area contributed by atoms with Crippen LogP contribution in [0.4, 0.5) is 21.0 Å². The molecule has 0 unspecified atom stereocenters. The molecule has 0 aromatic heterocycles. The molecule has 2 saturated carbocycles. The predicted molar refractivity (Wildman–Crippen MR) is 284 cm³/mol. The van der Waals surface area contributed by atoms with Gasteiger partial charge in [0.25, 0.3) is 0 Å². The van der Waals surface area contributed by atoms with Crippen LogP contribution in [-0.4, -0.2) is 139 Å². The SMILES string of the molecule is C#C.CO[C@@H]1[C@H](OC(=O)NCCc2ccc(N)cc2)CC[C@]2(CO2)[C@H]1[C@]1(C)O[C@@H]1CC=C(C)C.CO[C@@H]1[C@H](OC(=O)NCCc2ccc(NC(=O)[C@H](C)N)cc2)CC[C@]2(CO2)[C@H]1[C@]1(C)O[C@@H]1CC=C(C)C.[B][B]. The Labute approximate surface area is 436 Å². The van der Waals surface area contributed by atoms with Gasteiger partial charge in [0.05, 0.1) is 43.3 Å². The number of hydrogen-bond donors (Lipinski definition) is 5. The van der Waals surface area contributed by atoms with E-state index in [0.717, 1.165) is 48.9 Å². The largest absolute Gasteiger partial charge is 0.443 e. The van der Waals surface area contributed by atoms with Gasteiger partial charge in [-0.15, -0.1) is 12.8 Å². The van der Waals surface area contributed by atoms with Gasteiger partial charge in [0.1, 0.15) is 46.8 Å². The molecule has 0 bridgehead atoms. The van der Waals surface area contributed by atoms with Crippen molar-refractivity contribution in [3.05, 3.63) is 83.0 Å². The number of hydrogen-bond acceptors (Lipinski definition) is 13. The zero-order valence-corrected chi connectivity index (χ0v) is 44.4. The topological polar surface area (TPSA) is 226 Å². The number of carbonyl (C=O) groups excluding carboxylic acids is 3. The number of rotatable bonds is 18. The number of nitrogens with two attached hydrogens (primary N) is 2. The molecule has 6 fully saturated rings. The lowest BCUT2D eigenvalue weighted by Gasteiger charge is -2.42. The Morgan fingerprint density at radius 1 is 0.726 bits per heavy atom. The summed E-state index contributed by atoms with van der Waals surface area (Å²) in [5, 5.41) is 8.48. The zero-order chi connectivity index (χ0) is 53.7. The summed E-state index contributed by atoms with van der Waals surface area (Å²) in [6, 6.07) is 14.5. The first-order valence-corrected chi connectivity index (χ1v) is 25.4. The molecule has 6 aliphatic rings. The van der Waals surface area contributed by atoms with Crippen LogP contribution in [-0.2, 0) is 55.5 Å². The molecular formula is C55H79B2N5O11. The Hall–Kier alpha value is -4.86. The summed E-state index contributed by atoms with van der Waals surface area (Å²) in [6.07, 6.45) is 16.6. The lowest BCUT2D eigenvalue weighted by molar-refractivity contribution is -0.118. The second-order valence-electron chi connectivity index (χ2n) is 20.7. The molecule has 396 valence electrons. The van der Waals surface area contributed by atoms with Crippen LogP contribution in [0.1, 0.15) is 98.1 Å². The van der Waals surface area contributed by atoms with Crippen LogP contribution in [0, 0.1) is 24.7 Å². The molecule has 4 saturated heterocycles. The van der Waals surface area contributed by atoms with Crippen LogP contribution in [0.15, 0.2) is 71.8 Å². The summed E-state index contributed by atoms with van der Waals surface area (Å²) < 4.78 is 47.9. The average Bonchev–Trinajstić information content (AvgIpc) is 4.26. The number of alkyl carbamates (subject to hydrolysis) is 2. The minimum atomic E-state index is -0.571. The van der Waals surface area contributed by atoms with E-state index in [1.165, 1.54) is 11.1 Å². The number of ether oxygens (including phenoxy) is 8. The molecule has 16 nitrogen and oxygen atoms in total. The summed E-state index contributed by atoms with van der Waals surface area (Å²) in [4.78, 5) is 36.9. The highest BCUT2D eigenvalue weighted by Gasteiger charge is 2.73. The number of benzene rings is 2. The lowest BCUT2D eigenvalue weighted by atomic mass is 9.68. The summed E-state index contributed by atoms with van der Waals surface area (Å²) in [5.41, 5.74) is 16.2. The second-order valence-corrected chi connectivity index (χ2v) is 20.7. The number of carbonyl (C=O) groups is 3. The van der Waals surface area contributed by atoms with Crippen LogP contribution in [0.2, 0.25) is 0 Å². The maximum Gasteiger partial charge on any atom is 0.407 e. The maximum atomic E-state index is 12.7. The van der Waals surface area contributed by atoms with Crippen LogP contribution in [0.5, 0.6) is 0 Å². The van der Waals surface area contributed by atoms with Gasteiger partial charge in [-0.3, -0.25) is 4.79 Å². The third-order valence-electron chi connectivity index (χ3n) is 15.0. The van der Waals surface area contributed by atoms with Crippen molar-refractivity contribution in [3.63, 3.8) is 0 Å². The number of epoxide rings is 4. The average molecular weight is 1010 g/mol. The standard InChI is InChI=1S/C28H41N3O6.C25H36N2O5.C2H2.B2/c1-17(2)6-11-22-27(4,37-22)24-23(34-5)21(12-14-28(24)16-35-28)36-26(33)30-15-13-19-7-9-20(10-8-19)31-25(32)18(3)29;1-16(2)5-10-20-24(3,32-20)22-21(29-4)19(11-13-25(22)15-30-25)31-23(28)27-14-12-17-6-8-18(26)9-7-17;2*1-2/h6-10,18,21-24H,11-16,29H2,1-5H3,(H,30,33)(H,31,32);5-9,19-22H,10-15,26H2,1-4H3,(H,27,28);1-2H;/t18-,21+,22+,23+,24+,27+,28-;19-,20-,21-,22-,24-,25+;;/m01../s1. The van der Waals surface area contributed by atoms with Crippen molar-refractivity contribution in [1.29, 1.82) is 0 Å². The number of nitrogens with one attached hydrogen (secondary N) is 3. The van der Waals surface area contributed by atoms with Crippen molar-refractivity contribution in [2.75, 3.05) is 51.6 Å². The molecule has 2 aromatic rings. The molecule has 73 heavy (non-hydrogen) atoms. The van der Waals surface area contributed by atoms with E-state index in [9.17, 15) is 14.4 Å². The Kier molecular flexibility index (Phi) is 21.1. The first kappa shape index (κ1) is 59.0. The zero-order valence-electron chi connectivity index (χ0n) is 44.4. The van der Waals surface area contributed by atoms with Crippen molar-refractivity contribution < 1.29 is 52.3 Å². The molecule has 4 radical (unpaired) electrons. The van der Waals surface area contributed by atoms with E-state index in [2.05, 4.69) is 98.0 Å². The number of nitrogen functional groups attached to an aromatic ring is 1. The highest BCUT2D eigenvalue weighted by molar-refractivity contribution is 6.75. The van der Waals surface area contributed by atoms with Crippen molar-refractivity contribution in [2.45, 2.75) is 165 Å². The Bertz CT molecular complexity index is 2210. The Morgan fingerprint density at radius 3 is 1.45 bits per heavy atom. The third-order valence-corrected chi connectivity index (χ3v) is 15.0. The van der Waals surface area contributed by atoms with Gasteiger partial charge in [-0.1, -0.05) is 47.6 Å². The first-order chi connectivity index (χ1) is 34.8. The van der Waals surface area contributed by atoms with Gasteiger partial charge < -0.3 is 65.3 Å². The minimum absolute atomic E-state index is 0.00613. The number of allylic oxidation sites excluding steroid dienone is 2. The molecule has 2 aromatic carbocycles. The highest BCUT2D eigenvalue weighted by atomic mass is 16.6. The summed E-state index contributed by atoms with van der Waals surface area (Å²) >= 11 is 0. The Balaban J connectivity index is 0.000000256. The summed E-state index contributed by atoms with van der Waals surface area (Å²) in [5.74, 6) is -0.216. The lowest BCUT2D eigenvalue weighted by Crippen LogP contribution is -2.56. The molecule has 13 atom stereocenters. The minimum Gasteiger partial charge on any atom is -0.443 e. The predicted octanol–water partition coefficient (Wildman–Crippen LogP) is 6.42. The fourth-order valence-corrected chi connectivity index (χ4v) is 10.8. The molecule has 3 amide bonds. The highest BCUT2D eigenvalue weighted by Crippen LogP contribution is 2.61. The van der Waals surface area contributed by atoms with Gasteiger partial charge in [0, 0.05) is 54.2 Å². The molecule has 4 heterocycles. The van der Waals surface area contributed by atoms with Crippen LogP contribution >= 0.6 is 0 Å². The number of amides is 3. The molecule has 4 aliphatic heterocycles. The first-order valence-electron chi connectivity index (χ1n) is 25.4. The third kappa shape index (κ3) is 15.1. The van der Waals surface area contributed by atoms with Gasteiger partial charge in [0.15, 0.2) is 0 Å². The van der Waals surface area contributed by atoms with E-state index in [1.807, 2.05) is 48.5 Å². The maximum absolute atomic E-state index is 12.7. The van der Waals surface area contributed by atoms with E-state index < -0.39 is 18.2 Å². The molecule has 18 heteroatoms. The van der Waals surface area contributed by atoms with Crippen LogP contribution < -0.4 is 27.4 Å². The second kappa shape index (κ2) is 26.1. The van der Waals surface area contributed by atoms with Gasteiger partial charge in [-0.25, -0.2) is 9.59 Å². The molecular weight excluding hydrogens is 928 g/mol. The van der Waals surface area contributed by atoms with Gasteiger partial charge in [-0.05, 0) is 135 Å². The van der Waals surface area contributed by atoms with Gasteiger partial charge >= 0.3 is 12.2 Å². The van der Waals surface area contributed by atoms with Gasteiger partial charge in [0.2, 0.25) is 5.91 Å². The van der Waals surface area contributed by atoms with Gasteiger partial charge in [-0.2, -0.15) is 0 Å². The van der Waals surface area contributed by atoms with E-state index >= 15 is 0 Å². The fourth-order valence-electron chi connectivity index (χ4n) is 10.8. The van der Waals surface area contributed by atoms with Crippen molar-refractivity contribution in [1.82, 2.24) is 10.6 Å². The Morgan fingerprint density at radius 2 is 1.11 bits per heavy atom. The number of methoxy groups -OCH3 is 2. The van der Waals surface area contributed by atoms with Crippen LogP contribution in [0.25, 0.3) is 0 Å². The summed E-state index contributed by atoms with van der Waals surface area (Å²) in [6.45, 7) is 16.6. The van der Waals surface area contributed by atoms with E-state index in [0.29, 0.717) is 51.3 Å². The fraction of sp³-hybridized carbons (Fsp3) is 0.618. The monoisotopic (exact) mass is 1010 g/mol. The van der Waals surface area contributed by atoms with E-state index in [1.54, 1.807) is 21.1 Å². The smallest absolute Gasteiger partial charge is 0.407 e. The number of anilines is 2. The molecule has 8 rings (SSSR count). The molecule has 2 aliphatic carbocycles. The van der Waals surface area contributed by atoms with Crippen LogP contribution in [0.3, 0.4) is 0 Å². The van der Waals surface area contributed by atoms with E-state index in [4.69, 9.17) is 49.4 Å². The van der Waals surface area contributed by atoms with Crippen molar-refractivity contribution >= 4 is 44.9 Å². The summed E-state index contributed by atoms with van der Waals surface area (Å²) in [7, 11) is 11.4. The molecule has 2 spiro atoms. The normalized spacial score (nSPS) is 32.2. The van der Waals surface area contributed by atoms with Crippen molar-refractivity contribution in [3.8, 4) is 12.8 Å². The van der Waals surface area contributed by atoms with E-state index in [-0.39, 0.29) is 76.8 Å². The van der Waals surface area contributed by atoms with Crippen molar-refractivity contribution in [2.24, 2.45) is 17.6 Å². The number of terminal acetylenes is 1.